The fourth-order valence-electron chi connectivity index (χ4n) is 2.47. The molecular weight excluding hydrogens is 222 g/mol. The van der Waals surface area contributed by atoms with Crippen molar-refractivity contribution >= 4 is 45.6 Å². The number of hydrogen-bond donors (Lipinski definition) is 1. The number of nitrogens with zero attached hydrogens (tertiary/aromatic N) is 2. The SMILES string of the molecule is C1=Nc2ccc3c([nH]c4ccccc43)c2N=CC1. The van der Waals surface area contributed by atoms with Gasteiger partial charge in [0, 0.05) is 35.1 Å². The van der Waals surface area contributed by atoms with Crippen molar-refractivity contribution in [1.82, 2.24) is 4.98 Å². The molecule has 3 aromatic rings. The molecule has 0 unspecified atom stereocenters. The van der Waals surface area contributed by atoms with Crippen LogP contribution < -0.4 is 0 Å². The second kappa shape index (κ2) is 3.53. The quantitative estimate of drug-likeness (QED) is 0.606. The van der Waals surface area contributed by atoms with E-state index >= 15 is 0 Å². The van der Waals surface area contributed by atoms with E-state index in [1.165, 1.54) is 10.8 Å². The minimum Gasteiger partial charge on any atom is -0.353 e. The van der Waals surface area contributed by atoms with Gasteiger partial charge in [-0.05, 0) is 18.2 Å². The molecule has 0 bridgehead atoms. The maximum atomic E-state index is 4.53. The van der Waals surface area contributed by atoms with Crippen LogP contribution in [-0.2, 0) is 0 Å². The minimum absolute atomic E-state index is 0.788. The normalized spacial score (nSPS) is 14.0. The van der Waals surface area contributed by atoms with E-state index in [1.807, 2.05) is 24.6 Å². The van der Waals surface area contributed by atoms with Gasteiger partial charge in [0.15, 0.2) is 0 Å². The molecule has 0 saturated carbocycles. The van der Waals surface area contributed by atoms with Gasteiger partial charge in [0.1, 0.15) is 5.69 Å². The number of fused-ring (bicyclic) bond motifs is 5. The predicted molar refractivity (Wildman–Crippen MR) is 76.7 cm³/mol. The molecule has 0 spiro atoms. The molecule has 0 saturated heterocycles. The number of para-hydroxylation sites is 1. The van der Waals surface area contributed by atoms with Crippen LogP contribution >= 0.6 is 0 Å². The van der Waals surface area contributed by atoms with Crippen LogP contribution in [0.25, 0.3) is 21.8 Å². The number of hydrogen-bond acceptors (Lipinski definition) is 2. The molecule has 1 N–H and O–H groups in total. The summed E-state index contributed by atoms with van der Waals surface area (Å²) < 4.78 is 0. The van der Waals surface area contributed by atoms with Gasteiger partial charge in [-0.1, -0.05) is 18.2 Å². The molecule has 18 heavy (non-hydrogen) atoms. The van der Waals surface area contributed by atoms with Gasteiger partial charge in [-0.2, -0.15) is 0 Å². The highest BCUT2D eigenvalue weighted by Gasteiger charge is 2.11. The number of H-pyrrole nitrogens is 1. The predicted octanol–water partition coefficient (Wildman–Crippen LogP) is 4.13. The maximum absolute atomic E-state index is 4.53. The molecule has 1 aromatic heterocycles. The Labute approximate surface area is 104 Å². The van der Waals surface area contributed by atoms with Crippen LogP contribution in [0.2, 0.25) is 0 Å². The fourth-order valence-corrected chi connectivity index (χ4v) is 2.47. The van der Waals surface area contributed by atoms with Crippen molar-refractivity contribution in [2.45, 2.75) is 6.42 Å². The first-order valence-electron chi connectivity index (χ1n) is 6.02. The van der Waals surface area contributed by atoms with E-state index in [1.54, 1.807) is 0 Å². The molecule has 1 aliphatic rings. The summed E-state index contributed by atoms with van der Waals surface area (Å²) in [5.74, 6) is 0. The summed E-state index contributed by atoms with van der Waals surface area (Å²) >= 11 is 0. The monoisotopic (exact) mass is 233 g/mol. The number of aromatic amines is 1. The third kappa shape index (κ3) is 1.24. The average Bonchev–Trinajstić information content (AvgIpc) is 2.62. The van der Waals surface area contributed by atoms with Gasteiger partial charge in [-0.25, -0.2) is 0 Å². The molecule has 0 aliphatic carbocycles. The van der Waals surface area contributed by atoms with Crippen molar-refractivity contribution in [3.05, 3.63) is 36.4 Å². The molecule has 86 valence electrons. The molecular formula is C15H11N3. The van der Waals surface area contributed by atoms with E-state index in [2.05, 4.69) is 39.2 Å². The lowest BCUT2D eigenvalue weighted by atomic mass is 10.1. The Morgan fingerprint density at radius 3 is 2.78 bits per heavy atom. The Morgan fingerprint density at radius 1 is 0.889 bits per heavy atom. The van der Waals surface area contributed by atoms with E-state index in [4.69, 9.17) is 0 Å². The second-order valence-corrected chi connectivity index (χ2v) is 4.39. The van der Waals surface area contributed by atoms with Crippen molar-refractivity contribution in [1.29, 1.82) is 0 Å². The molecule has 2 heterocycles. The zero-order chi connectivity index (χ0) is 11.9. The van der Waals surface area contributed by atoms with Gasteiger partial charge < -0.3 is 4.98 Å². The van der Waals surface area contributed by atoms with Crippen molar-refractivity contribution in [3.8, 4) is 0 Å². The number of aromatic nitrogens is 1. The molecule has 3 nitrogen and oxygen atoms in total. The van der Waals surface area contributed by atoms with Crippen LogP contribution in [0, 0.1) is 0 Å². The highest BCUT2D eigenvalue weighted by atomic mass is 14.9. The van der Waals surface area contributed by atoms with E-state index < -0.39 is 0 Å². The van der Waals surface area contributed by atoms with E-state index in [-0.39, 0.29) is 0 Å². The Hall–Kier alpha value is -2.42. The molecule has 1 aliphatic heterocycles. The van der Waals surface area contributed by atoms with E-state index in [0.717, 1.165) is 28.8 Å². The van der Waals surface area contributed by atoms with Gasteiger partial charge in [-0.3, -0.25) is 9.98 Å². The lowest BCUT2D eigenvalue weighted by Gasteiger charge is -2.00. The lowest BCUT2D eigenvalue weighted by Crippen LogP contribution is -1.72. The molecule has 0 atom stereocenters. The number of rotatable bonds is 0. The van der Waals surface area contributed by atoms with Gasteiger partial charge in [0.2, 0.25) is 0 Å². The van der Waals surface area contributed by atoms with Crippen molar-refractivity contribution in [2.75, 3.05) is 0 Å². The van der Waals surface area contributed by atoms with E-state index in [0.29, 0.717) is 0 Å². The summed E-state index contributed by atoms with van der Waals surface area (Å²) in [5.41, 5.74) is 4.09. The summed E-state index contributed by atoms with van der Waals surface area (Å²) in [6.45, 7) is 0. The van der Waals surface area contributed by atoms with Gasteiger partial charge >= 0.3 is 0 Å². The zero-order valence-corrected chi connectivity index (χ0v) is 9.72. The first-order valence-corrected chi connectivity index (χ1v) is 6.02. The lowest BCUT2D eigenvalue weighted by molar-refractivity contribution is 1.47. The Balaban J connectivity index is 2.20. The van der Waals surface area contributed by atoms with Crippen LogP contribution in [0.15, 0.2) is 46.4 Å². The summed E-state index contributed by atoms with van der Waals surface area (Å²) in [7, 11) is 0. The highest BCUT2D eigenvalue weighted by molar-refractivity contribution is 6.13. The van der Waals surface area contributed by atoms with E-state index in [9.17, 15) is 0 Å². The summed E-state index contributed by atoms with van der Waals surface area (Å²) in [6.07, 6.45) is 4.58. The van der Waals surface area contributed by atoms with Crippen molar-refractivity contribution in [2.24, 2.45) is 9.98 Å². The van der Waals surface area contributed by atoms with Crippen LogP contribution in [-0.4, -0.2) is 17.4 Å². The first kappa shape index (κ1) is 9.59. The summed E-state index contributed by atoms with van der Waals surface area (Å²) in [5, 5.41) is 2.44. The molecule has 4 rings (SSSR count). The van der Waals surface area contributed by atoms with Crippen LogP contribution in [0.5, 0.6) is 0 Å². The topological polar surface area (TPSA) is 40.5 Å². The molecule has 0 radical (unpaired) electrons. The smallest absolute Gasteiger partial charge is 0.112 e. The van der Waals surface area contributed by atoms with Gasteiger partial charge in [-0.15, -0.1) is 0 Å². The van der Waals surface area contributed by atoms with Crippen molar-refractivity contribution < 1.29 is 0 Å². The minimum atomic E-state index is 0.788. The molecule has 3 heteroatoms. The van der Waals surface area contributed by atoms with Gasteiger partial charge in [0.25, 0.3) is 0 Å². The number of benzene rings is 2. The third-order valence-corrected chi connectivity index (χ3v) is 3.30. The summed E-state index contributed by atoms with van der Waals surface area (Å²) in [4.78, 5) is 12.4. The Bertz CT molecular complexity index is 809. The number of nitrogens with one attached hydrogen (secondary N) is 1. The highest BCUT2D eigenvalue weighted by Crippen LogP contribution is 2.39. The largest absolute Gasteiger partial charge is 0.353 e. The van der Waals surface area contributed by atoms with Crippen LogP contribution in [0.3, 0.4) is 0 Å². The molecule has 0 fully saturated rings. The summed E-state index contributed by atoms with van der Waals surface area (Å²) in [6, 6.07) is 12.5. The molecule has 0 amide bonds. The number of aliphatic imine (C=N–C) groups is 2. The van der Waals surface area contributed by atoms with Gasteiger partial charge in [0.05, 0.1) is 11.2 Å². The fraction of sp³-hybridized carbons (Fsp3) is 0.0667. The third-order valence-electron chi connectivity index (χ3n) is 3.30. The first-order chi connectivity index (χ1) is 8.93. The van der Waals surface area contributed by atoms with Crippen LogP contribution in [0.1, 0.15) is 6.42 Å². The standard InChI is InChI=1S/C15H11N3/c1-2-5-12-10(4-1)11-6-7-13-15(14(11)18-12)17-9-3-8-16-13/h1-2,4-9,18H,3H2. The maximum Gasteiger partial charge on any atom is 0.112 e. The van der Waals surface area contributed by atoms with Crippen molar-refractivity contribution in [3.63, 3.8) is 0 Å². The second-order valence-electron chi connectivity index (χ2n) is 4.39. The zero-order valence-electron chi connectivity index (χ0n) is 9.72. The average molecular weight is 233 g/mol. The Kier molecular flexibility index (Phi) is 1.88. The van der Waals surface area contributed by atoms with Crippen LogP contribution in [0.4, 0.5) is 11.4 Å². The Morgan fingerprint density at radius 2 is 1.78 bits per heavy atom. The molecule has 2 aromatic carbocycles.